The topological polar surface area (TPSA) is 37.3 Å². The van der Waals surface area contributed by atoms with Crippen molar-refractivity contribution in [1.82, 2.24) is 0 Å². The van der Waals surface area contributed by atoms with Gasteiger partial charge in [-0.3, -0.25) is 4.79 Å². The average molecular weight is 497 g/mol. The van der Waals surface area contributed by atoms with Crippen LogP contribution in [0.15, 0.2) is 66.7 Å². The molecular formula is C33H36O2S. The minimum absolute atomic E-state index is 0.130. The molecule has 4 aliphatic carbocycles. The largest absolute Gasteiger partial charge is 0.481 e. The first kappa shape index (κ1) is 23.7. The predicted molar refractivity (Wildman–Crippen MR) is 152 cm³/mol. The molecule has 4 saturated carbocycles. The molecule has 4 aliphatic rings. The minimum atomic E-state index is -0.508. The fraction of sp³-hybridized carbons (Fsp3) is 0.424. The van der Waals surface area contributed by atoms with Gasteiger partial charge in [0.2, 0.25) is 0 Å². The third-order valence-corrected chi connectivity index (χ3v) is 10.1. The second-order valence-electron chi connectivity index (χ2n) is 12.6. The van der Waals surface area contributed by atoms with Crippen LogP contribution >= 0.6 is 11.3 Å². The van der Waals surface area contributed by atoms with Gasteiger partial charge in [0.05, 0.1) is 5.41 Å². The standard InChI is InChI=1S/C22H20S.C11H16O2/c1-22(2,3)18-12-6-4-9-15(18)16-11-8-14-20-21(16)17-10-5-7-13-19(17)23-20;12-10(13)11-4-7-1-8(5-11)3-9(2-7)6-11/h4-14H,1-3H3;7-9H,1-6H2,(H,12,13). The van der Waals surface area contributed by atoms with Crippen LogP contribution in [0.4, 0.5) is 0 Å². The highest BCUT2D eigenvalue weighted by atomic mass is 32.1. The minimum Gasteiger partial charge on any atom is -0.481 e. The Kier molecular flexibility index (Phi) is 5.75. The molecule has 186 valence electrons. The molecule has 8 rings (SSSR count). The first-order valence-corrected chi connectivity index (χ1v) is 14.3. The van der Waals surface area contributed by atoms with Gasteiger partial charge in [0.25, 0.3) is 0 Å². The molecule has 1 heterocycles. The van der Waals surface area contributed by atoms with E-state index in [2.05, 4.69) is 87.5 Å². The van der Waals surface area contributed by atoms with Crippen molar-refractivity contribution in [2.24, 2.45) is 23.2 Å². The van der Waals surface area contributed by atoms with Crippen LogP contribution in [0.5, 0.6) is 0 Å². The number of hydrogen-bond acceptors (Lipinski definition) is 2. The van der Waals surface area contributed by atoms with E-state index in [0.29, 0.717) is 0 Å². The quantitative estimate of drug-likeness (QED) is 0.300. The summed E-state index contributed by atoms with van der Waals surface area (Å²) >= 11 is 1.88. The van der Waals surface area contributed by atoms with Gasteiger partial charge in [0, 0.05) is 20.2 Å². The lowest BCUT2D eigenvalue weighted by Crippen LogP contribution is -2.49. The van der Waals surface area contributed by atoms with Gasteiger partial charge in [-0.15, -0.1) is 11.3 Å². The first-order valence-electron chi connectivity index (χ1n) is 13.5. The van der Waals surface area contributed by atoms with Crippen molar-refractivity contribution < 1.29 is 9.90 Å². The molecule has 3 heteroatoms. The van der Waals surface area contributed by atoms with Crippen LogP contribution in [0.2, 0.25) is 0 Å². The van der Waals surface area contributed by atoms with E-state index in [-0.39, 0.29) is 10.8 Å². The van der Waals surface area contributed by atoms with E-state index in [1.54, 1.807) is 0 Å². The fourth-order valence-corrected chi connectivity index (χ4v) is 8.88. The molecule has 1 N–H and O–H groups in total. The SMILES string of the molecule is CC(C)(C)c1ccccc1-c1cccc2sc3ccccc3c12.O=C(O)C12CC3CC(CC(C3)C1)C2. The highest BCUT2D eigenvalue weighted by Gasteiger charge is 2.54. The number of carboxylic acid groups (broad SMARTS) is 1. The van der Waals surface area contributed by atoms with Crippen molar-refractivity contribution in [3.05, 3.63) is 72.3 Å². The number of rotatable bonds is 2. The van der Waals surface area contributed by atoms with Gasteiger partial charge in [-0.25, -0.2) is 0 Å². The molecule has 36 heavy (non-hydrogen) atoms. The van der Waals surface area contributed by atoms with Crippen molar-refractivity contribution in [3.8, 4) is 11.1 Å². The number of carbonyl (C=O) groups is 1. The molecule has 4 bridgehead atoms. The average Bonchev–Trinajstić information content (AvgIpc) is 3.22. The maximum Gasteiger partial charge on any atom is 0.309 e. The van der Waals surface area contributed by atoms with Crippen molar-refractivity contribution in [2.75, 3.05) is 0 Å². The molecule has 0 atom stereocenters. The van der Waals surface area contributed by atoms with Gasteiger partial charge < -0.3 is 5.11 Å². The Morgan fingerprint density at radius 2 is 1.33 bits per heavy atom. The highest BCUT2D eigenvalue weighted by Crippen LogP contribution is 2.60. The van der Waals surface area contributed by atoms with Gasteiger partial charge >= 0.3 is 5.97 Å². The van der Waals surface area contributed by atoms with Crippen LogP contribution in [0.25, 0.3) is 31.3 Å². The summed E-state index contributed by atoms with van der Waals surface area (Å²) in [6.45, 7) is 6.87. The molecule has 4 aromatic rings. The lowest BCUT2D eigenvalue weighted by atomic mass is 9.49. The number of carboxylic acids is 1. The second-order valence-corrected chi connectivity index (χ2v) is 13.7. The monoisotopic (exact) mass is 496 g/mol. The maximum atomic E-state index is 11.3. The third-order valence-electron chi connectivity index (χ3n) is 8.92. The van der Waals surface area contributed by atoms with Crippen LogP contribution in [-0.4, -0.2) is 11.1 Å². The van der Waals surface area contributed by atoms with E-state index in [9.17, 15) is 9.90 Å². The molecule has 2 nitrogen and oxygen atoms in total. The summed E-state index contributed by atoms with van der Waals surface area (Å²) < 4.78 is 2.73. The molecule has 1 aromatic heterocycles. The van der Waals surface area contributed by atoms with Gasteiger partial charge in [-0.1, -0.05) is 75.4 Å². The number of fused-ring (bicyclic) bond motifs is 3. The summed E-state index contributed by atoms with van der Waals surface area (Å²) in [5.74, 6) is 1.75. The fourth-order valence-electron chi connectivity index (χ4n) is 7.74. The molecule has 0 aliphatic heterocycles. The summed E-state index contributed by atoms with van der Waals surface area (Å²) in [7, 11) is 0. The van der Waals surface area contributed by atoms with E-state index in [1.165, 1.54) is 56.1 Å². The Hall–Kier alpha value is -2.65. The Morgan fingerprint density at radius 1 is 0.778 bits per heavy atom. The summed E-state index contributed by atoms with van der Waals surface area (Å²) in [5.41, 5.74) is 3.96. The van der Waals surface area contributed by atoms with Crippen molar-refractivity contribution in [1.29, 1.82) is 0 Å². The smallest absolute Gasteiger partial charge is 0.309 e. The zero-order chi connectivity index (χ0) is 25.1. The lowest BCUT2D eigenvalue weighted by molar-refractivity contribution is -0.164. The zero-order valence-electron chi connectivity index (χ0n) is 21.6. The number of hydrogen-bond donors (Lipinski definition) is 1. The van der Waals surface area contributed by atoms with Crippen molar-refractivity contribution in [2.45, 2.75) is 64.7 Å². The van der Waals surface area contributed by atoms with Crippen LogP contribution in [0.3, 0.4) is 0 Å². The first-order chi connectivity index (χ1) is 17.2. The van der Waals surface area contributed by atoms with Crippen LogP contribution in [0, 0.1) is 23.2 Å². The molecule has 0 amide bonds. The Balaban J connectivity index is 0.000000155. The zero-order valence-corrected chi connectivity index (χ0v) is 22.4. The second kappa shape index (κ2) is 8.73. The number of aliphatic carboxylic acids is 1. The van der Waals surface area contributed by atoms with Crippen LogP contribution in [0.1, 0.15) is 64.9 Å². The lowest BCUT2D eigenvalue weighted by Gasteiger charge is -2.54. The normalized spacial score (nSPS) is 26.7. The third kappa shape index (κ3) is 4.06. The molecule has 0 saturated heterocycles. The predicted octanol–water partition coefficient (Wildman–Crippen LogP) is 9.31. The van der Waals surface area contributed by atoms with Gasteiger partial charge in [0.1, 0.15) is 0 Å². The van der Waals surface area contributed by atoms with Crippen molar-refractivity contribution >= 4 is 37.5 Å². The summed E-state index contributed by atoms with van der Waals surface area (Å²) in [6.07, 6.45) is 6.92. The van der Waals surface area contributed by atoms with E-state index in [4.69, 9.17) is 0 Å². The summed E-state index contributed by atoms with van der Waals surface area (Å²) in [4.78, 5) is 11.3. The molecule has 0 spiro atoms. The number of benzene rings is 3. The van der Waals surface area contributed by atoms with Crippen LogP contribution < -0.4 is 0 Å². The van der Waals surface area contributed by atoms with E-state index < -0.39 is 5.97 Å². The summed E-state index contributed by atoms with van der Waals surface area (Å²) in [5, 5.41) is 12.0. The maximum absolute atomic E-state index is 11.3. The molecule has 0 radical (unpaired) electrons. The Labute approximate surface area is 218 Å². The van der Waals surface area contributed by atoms with Crippen LogP contribution in [-0.2, 0) is 10.2 Å². The summed E-state index contributed by atoms with van der Waals surface area (Å²) in [6, 6.07) is 24.3. The van der Waals surface area contributed by atoms with Gasteiger partial charge in [-0.2, -0.15) is 0 Å². The number of thiophene rings is 1. The van der Waals surface area contributed by atoms with E-state index in [0.717, 1.165) is 37.0 Å². The van der Waals surface area contributed by atoms with Crippen molar-refractivity contribution in [3.63, 3.8) is 0 Å². The molecular weight excluding hydrogens is 460 g/mol. The van der Waals surface area contributed by atoms with Gasteiger partial charge in [0.15, 0.2) is 0 Å². The molecule has 0 unspecified atom stereocenters. The Bertz CT molecular complexity index is 1400. The van der Waals surface area contributed by atoms with Gasteiger partial charge in [-0.05, 0) is 90.5 Å². The molecule has 3 aromatic carbocycles. The Morgan fingerprint density at radius 3 is 1.97 bits per heavy atom. The van der Waals surface area contributed by atoms with E-state index in [1.807, 2.05) is 11.3 Å². The van der Waals surface area contributed by atoms with E-state index >= 15 is 0 Å². The molecule has 4 fully saturated rings. The highest BCUT2D eigenvalue weighted by molar-refractivity contribution is 7.25.